The molecule has 0 amide bonds. The van der Waals surface area contributed by atoms with Gasteiger partial charge in [-0.15, -0.1) is 0 Å². The van der Waals surface area contributed by atoms with Crippen LogP contribution in [0.1, 0.15) is 0 Å². The average Bonchev–Trinajstić information content (AvgIpc) is 1.69. The fraction of sp³-hybridized carbons (Fsp3) is 0. The Kier molecular flexibility index (Phi) is 0.934. The highest BCUT2D eigenvalue weighted by Gasteiger charge is 1.82. The summed E-state index contributed by atoms with van der Waals surface area (Å²) in [4.78, 5) is 9.28. The van der Waals surface area contributed by atoms with Crippen molar-refractivity contribution in [3.8, 4) is 0 Å². The van der Waals surface area contributed by atoms with E-state index in [-0.39, 0.29) is 0 Å². The zero-order valence-electron chi connectivity index (χ0n) is 3.30. The third-order valence-electron chi connectivity index (χ3n) is 0.422. The molecule has 0 bridgehead atoms. The van der Waals surface area contributed by atoms with E-state index in [2.05, 4.69) is 15.0 Å². The van der Waals surface area contributed by atoms with Gasteiger partial charge in [-0.25, -0.2) is 4.98 Å². The fourth-order valence-corrected chi connectivity index (χ4v) is 0.201. The largest absolute Gasteiger partial charge is 0.312 e. The number of rotatable bonds is 0. The molecule has 0 fully saturated rings. The maximum Gasteiger partial charge on any atom is 0.312 e. The normalized spacial score (nSPS) is 8.71. The van der Waals surface area contributed by atoms with Gasteiger partial charge >= 0.3 is 6.08 Å². The van der Waals surface area contributed by atoms with Crippen LogP contribution >= 0.6 is 0 Å². The van der Waals surface area contributed by atoms with Gasteiger partial charge in [-0.05, 0) is 0 Å². The van der Waals surface area contributed by atoms with Crippen molar-refractivity contribution >= 4 is 0 Å². The van der Waals surface area contributed by atoms with Crippen LogP contribution in [0.4, 0.5) is 4.39 Å². The van der Waals surface area contributed by atoms with Gasteiger partial charge in [0, 0.05) is 0 Å². The molecule has 0 unspecified atom stereocenters. The van der Waals surface area contributed by atoms with E-state index in [9.17, 15) is 4.39 Å². The van der Waals surface area contributed by atoms with Crippen molar-refractivity contribution in [2.45, 2.75) is 0 Å². The summed E-state index contributed by atoms with van der Waals surface area (Å²) in [6, 6.07) is 0. The number of nitrogens with zero attached hydrogens (tertiary/aromatic N) is 3. The van der Waals surface area contributed by atoms with Gasteiger partial charge in [-0.1, -0.05) is 0 Å². The maximum atomic E-state index is 11.6. The summed E-state index contributed by atoms with van der Waals surface area (Å²) in [5, 5.41) is 0. The monoisotopic (exact) mass is 98.0 g/mol. The van der Waals surface area contributed by atoms with E-state index in [0.717, 1.165) is 6.33 Å². The first-order valence-electron chi connectivity index (χ1n) is 1.60. The third kappa shape index (κ3) is 0.887. The molecule has 0 aliphatic carbocycles. The van der Waals surface area contributed by atoms with Gasteiger partial charge in [0.05, 0.1) is 0 Å². The Morgan fingerprint density at radius 1 is 1.71 bits per heavy atom. The number of aromatic nitrogens is 3. The predicted octanol–water partition coefficient (Wildman–Crippen LogP) is -0.189. The Hall–Kier alpha value is -1.06. The van der Waals surface area contributed by atoms with Gasteiger partial charge in [0.2, 0.25) is 6.33 Å². The van der Waals surface area contributed by atoms with Crippen molar-refractivity contribution < 1.29 is 4.39 Å². The second-order valence-corrected chi connectivity index (χ2v) is 0.855. The molecule has 0 atom stereocenters. The second kappa shape index (κ2) is 1.59. The van der Waals surface area contributed by atoms with E-state index in [4.69, 9.17) is 0 Å². The van der Waals surface area contributed by atoms with E-state index in [1.165, 1.54) is 0 Å². The van der Waals surface area contributed by atoms with E-state index in [1.807, 2.05) is 6.33 Å². The quantitative estimate of drug-likeness (QED) is 0.451. The standard InChI is InChI=1S/C3HFN3/c4-3-6-1-5-2-7-3/h1H. The van der Waals surface area contributed by atoms with Crippen LogP contribution in [0, 0.1) is 12.4 Å². The molecule has 0 saturated heterocycles. The molecule has 0 saturated carbocycles. The first-order valence-corrected chi connectivity index (χ1v) is 1.60. The summed E-state index contributed by atoms with van der Waals surface area (Å²) in [6.45, 7) is 0. The van der Waals surface area contributed by atoms with Crippen molar-refractivity contribution in [3.05, 3.63) is 18.7 Å². The molecule has 35 valence electrons. The van der Waals surface area contributed by atoms with Gasteiger partial charge in [-0.3, -0.25) is 0 Å². The lowest BCUT2D eigenvalue weighted by Crippen LogP contribution is -1.86. The average molecular weight is 98.1 g/mol. The summed E-state index contributed by atoms with van der Waals surface area (Å²) in [6.07, 6.45) is 2.27. The predicted molar refractivity (Wildman–Crippen MR) is 18.6 cm³/mol. The van der Waals surface area contributed by atoms with Gasteiger partial charge < -0.3 is 0 Å². The van der Waals surface area contributed by atoms with E-state index < -0.39 is 6.08 Å². The van der Waals surface area contributed by atoms with Crippen LogP contribution in [0.3, 0.4) is 0 Å². The molecule has 4 heteroatoms. The Morgan fingerprint density at radius 3 is 2.86 bits per heavy atom. The van der Waals surface area contributed by atoms with Gasteiger partial charge in [0.25, 0.3) is 0 Å². The molecule has 1 aromatic rings. The summed E-state index contributed by atoms with van der Waals surface area (Å²) in [7, 11) is 0. The number of hydrogen-bond acceptors (Lipinski definition) is 3. The molecular weight excluding hydrogens is 97.1 g/mol. The lowest BCUT2D eigenvalue weighted by molar-refractivity contribution is 0.530. The van der Waals surface area contributed by atoms with Crippen molar-refractivity contribution in [1.29, 1.82) is 0 Å². The van der Waals surface area contributed by atoms with Crippen LogP contribution < -0.4 is 0 Å². The summed E-state index contributed by atoms with van der Waals surface area (Å²) in [5.41, 5.74) is 0. The summed E-state index contributed by atoms with van der Waals surface area (Å²) >= 11 is 0. The van der Waals surface area contributed by atoms with E-state index in [0.29, 0.717) is 0 Å². The lowest BCUT2D eigenvalue weighted by atomic mass is 11.1. The Labute approximate surface area is 39.3 Å². The van der Waals surface area contributed by atoms with Crippen molar-refractivity contribution in [3.63, 3.8) is 0 Å². The molecule has 3 nitrogen and oxygen atoms in total. The third-order valence-corrected chi connectivity index (χ3v) is 0.422. The Morgan fingerprint density at radius 2 is 2.57 bits per heavy atom. The Bertz CT molecular complexity index is 140. The lowest BCUT2D eigenvalue weighted by Gasteiger charge is -1.75. The van der Waals surface area contributed by atoms with Gasteiger partial charge in [0.1, 0.15) is 6.33 Å². The fourth-order valence-electron chi connectivity index (χ4n) is 0.201. The number of hydrogen-bond donors (Lipinski definition) is 0. The molecule has 1 radical (unpaired) electrons. The molecule has 1 heterocycles. The van der Waals surface area contributed by atoms with E-state index in [1.54, 1.807) is 0 Å². The van der Waals surface area contributed by atoms with Crippen LogP contribution in [0.5, 0.6) is 0 Å². The molecule has 0 spiro atoms. The zero-order chi connectivity index (χ0) is 5.11. The van der Waals surface area contributed by atoms with Crippen molar-refractivity contribution in [2.24, 2.45) is 0 Å². The van der Waals surface area contributed by atoms with Crippen LogP contribution in [0.2, 0.25) is 0 Å². The molecule has 1 rings (SSSR count). The van der Waals surface area contributed by atoms with Crippen molar-refractivity contribution in [2.75, 3.05) is 0 Å². The van der Waals surface area contributed by atoms with Crippen LogP contribution in [0.15, 0.2) is 6.33 Å². The van der Waals surface area contributed by atoms with Gasteiger partial charge in [-0.2, -0.15) is 14.4 Å². The molecule has 0 aliphatic rings. The van der Waals surface area contributed by atoms with Crippen LogP contribution in [-0.2, 0) is 0 Å². The second-order valence-electron chi connectivity index (χ2n) is 0.855. The minimum atomic E-state index is -0.796. The first-order chi connectivity index (χ1) is 3.39. The van der Waals surface area contributed by atoms with Gasteiger partial charge in [0.15, 0.2) is 0 Å². The van der Waals surface area contributed by atoms with Crippen molar-refractivity contribution in [1.82, 2.24) is 15.0 Å². The molecule has 0 N–H and O–H groups in total. The molecule has 1 aromatic heterocycles. The molecule has 7 heavy (non-hydrogen) atoms. The maximum absolute atomic E-state index is 11.6. The SMILES string of the molecule is Fc1n[c]ncn1. The number of halogens is 1. The minimum Gasteiger partial charge on any atom is -0.213 e. The topological polar surface area (TPSA) is 38.7 Å². The smallest absolute Gasteiger partial charge is 0.213 e. The highest BCUT2D eigenvalue weighted by atomic mass is 19.1. The zero-order valence-corrected chi connectivity index (χ0v) is 3.30. The van der Waals surface area contributed by atoms with Crippen LogP contribution in [0.25, 0.3) is 0 Å². The molecule has 0 aliphatic heterocycles. The highest BCUT2D eigenvalue weighted by molar-refractivity contribution is 4.54. The van der Waals surface area contributed by atoms with E-state index >= 15 is 0 Å². The summed E-state index contributed by atoms with van der Waals surface area (Å²) < 4.78 is 11.6. The highest BCUT2D eigenvalue weighted by Crippen LogP contribution is 1.74. The minimum absolute atomic E-state index is 0.796. The Balaban J connectivity index is 3.02. The molecule has 0 aromatic carbocycles. The molecular formula is C3HFN3. The first kappa shape index (κ1) is 4.11. The van der Waals surface area contributed by atoms with Crippen LogP contribution in [-0.4, -0.2) is 15.0 Å². The summed E-state index contributed by atoms with van der Waals surface area (Å²) in [5.74, 6) is 0.